The molecule has 6 nitrogen and oxygen atoms in total. The molecular weight excluding hydrogens is 361 g/mol. The summed E-state index contributed by atoms with van der Waals surface area (Å²) < 4.78 is 4.68. The number of halogens is 2. The van der Waals surface area contributed by atoms with Crippen molar-refractivity contribution in [1.82, 2.24) is 4.98 Å². The van der Waals surface area contributed by atoms with Gasteiger partial charge in [0, 0.05) is 5.69 Å². The second kappa shape index (κ2) is 6.14. The highest BCUT2D eigenvalue weighted by Gasteiger charge is 2.56. The lowest BCUT2D eigenvalue weighted by atomic mass is 10.3. The number of aromatic nitrogens is 1. The number of carbonyl (C=O) groups is 2. The molecule has 1 saturated carbocycles. The fraction of sp³-hybridized carbons (Fsp3) is 0.357. The maximum absolute atomic E-state index is 12.0. The van der Waals surface area contributed by atoms with Crippen LogP contribution in [0, 0.1) is 5.92 Å². The Balaban J connectivity index is 1.71. The van der Waals surface area contributed by atoms with Crippen LogP contribution in [0.1, 0.15) is 13.3 Å². The largest absolute Gasteiger partial charge is 0.450 e. The molecule has 0 aliphatic heterocycles. The second-order valence-corrected chi connectivity index (χ2v) is 7.63. The van der Waals surface area contributed by atoms with Crippen LogP contribution in [0.2, 0.25) is 0 Å². The van der Waals surface area contributed by atoms with E-state index in [9.17, 15) is 9.59 Å². The van der Waals surface area contributed by atoms with Gasteiger partial charge in [-0.25, -0.2) is 9.78 Å². The normalized spacial score (nSPS) is 18.5. The van der Waals surface area contributed by atoms with Crippen molar-refractivity contribution in [3.63, 3.8) is 0 Å². The molecule has 122 valence electrons. The van der Waals surface area contributed by atoms with Gasteiger partial charge in [-0.3, -0.25) is 10.1 Å². The van der Waals surface area contributed by atoms with Crippen LogP contribution in [0.15, 0.2) is 18.2 Å². The van der Waals surface area contributed by atoms with Crippen molar-refractivity contribution in [3.05, 3.63) is 18.2 Å². The van der Waals surface area contributed by atoms with Gasteiger partial charge in [-0.1, -0.05) is 11.3 Å². The number of amides is 2. The third kappa shape index (κ3) is 3.68. The van der Waals surface area contributed by atoms with Crippen LogP contribution in [0.25, 0.3) is 10.2 Å². The Morgan fingerprint density at radius 2 is 2.17 bits per heavy atom. The number of anilines is 2. The van der Waals surface area contributed by atoms with Gasteiger partial charge in [0.2, 0.25) is 5.91 Å². The third-order valence-corrected chi connectivity index (χ3v) is 5.05. The number of hydrogen-bond acceptors (Lipinski definition) is 5. The molecule has 1 aliphatic rings. The van der Waals surface area contributed by atoms with Gasteiger partial charge in [0.1, 0.15) is 4.33 Å². The molecule has 1 heterocycles. The molecular formula is C14H13Cl2N3O3S. The molecule has 1 unspecified atom stereocenters. The maximum Gasteiger partial charge on any atom is 0.413 e. The molecule has 3 rings (SSSR count). The number of alkyl halides is 2. The quantitative estimate of drug-likeness (QED) is 0.793. The predicted octanol–water partition coefficient (Wildman–Crippen LogP) is 4.00. The Morgan fingerprint density at radius 1 is 1.43 bits per heavy atom. The van der Waals surface area contributed by atoms with Gasteiger partial charge in [-0.05, 0) is 31.5 Å². The summed E-state index contributed by atoms with van der Waals surface area (Å²) in [5, 5.41) is 5.77. The summed E-state index contributed by atoms with van der Waals surface area (Å²) >= 11 is 13.1. The number of nitrogens with one attached hydrogen (secondary N) is 2. The molecule has 0 saturated heterocycles. The number of rotatable bonds is 4. The first-order valence-corrected chi connectivity index (χ1v) is 8.49. The number of thiazole rings is 1. The number of fused-ring (bicyclic) bond motifs is 1. The van der Waals surface area contributed by atoms with Crippen molar-refractivity contribution in [1.29, 1.82) is 0 Å². The summed E-state index contributed by atoms with van der Waals surface area (Å²) in [6.07, 6.45) is -0.0902. The Labute approximate surface area is 146 Å². The molecule has 2 amide bonds. The molecule has 23 heavy (non-hydrogen) atoms. The zero-order valence-electron chi connectivity index (χ0n) is 12.1. The third-order valence-electron chi connectivity index (χ3n) is 3.28. The van der Waals surface area contributed by atoms with E-state index in [1.807, 2.05) is 0 Å². The van der Waals surface area contributed by atoms with Crippen molar-refractivity contribution in [2.75, 3.05) is 17.2 Å². The first-order valence-electron chi connectivity index (χ1n) is 6.92. The van der Waals surface area contributed by atoms with Gasteiger partial charge < -0.3 is 10.1 Å². The van der Waals surface area contributed by atoms with E-state index < -0.39 is 10.4 Å². The molecule has 1 aromatic carbocycles. The molecule has 0 spiro atoms. The highest BCUT2D eigenvalue weighted by atomic mass is 35.5. The zero-order valence-corrected chi connectivity index (χ0v) is 14.4. The van der Waals surface area contributed by atoms with Gasteiger partial charge in [0.25, 0.3) is 0 Å². The summed E-state index contributed by atoms with van der Waals surface area (Å²) in [5.41, 5.74) is 1.35. The standard InChI is InChI=1S/C14H13Cl2N3O3S/c1-2-22-13(21)19-12-18-9-4-3-7(5-10(9)23-12)17-11(20)8-6-14(8,15)16/h3-5,8H,2,6H2,1H3,(H,17,20)(H,18,19,21). The lowest BCUT2D eigenvalue weighted by molar-refractivity contribution is -0.117. The van der Waals surface area contributed by atoms with E-state index >= 15 is 0 Å². The molecule has 1 fully saturated rings. The first-order chi connectivity index (χ1) is 10.9. The first kappa shape index (κ1) is 16.3. The van der Waals surface area contributed by atoms with Crippen molar-refractivity contribution < 1.29 is 14.3 Å². The van der Waals surface area contributed by atoms with Gasteiger partial charge in [0.05, 0.1) is 22.7 Å². The average molecular weight is 374 g/mol. The Hall–Kier alpha value is -1.57. The van der Waals surface area contributed by atoms with E-state index in [-0.39, 0.29) is 18.4 Å². The van der Waals surface area contributed by atoms with Crippen molar-refractivity contribution in [3.8, 4) is 0 Å². The monoisotopic (exact) mass is 373 g/mol. The fourth-order valence-corrected chi connectivity index (χ4v) is 3.44. The zero-order chi connectivity index (χ0) is 16.6. The molecule has 2 aromatic rings. The molecule has 1 aliphatic carbocycles. The Kier molecular flexibility index (Phi) is 4.35. The van der Waals surface area contributed by atoms with Crippen molar-refractivity contribution >= 4 is 67.6 Å². The van der Waals surface area contributed by atoms with E-state index in [0.29, 0.717) is 17.2 Å². The maximum atomic E-state index is 12.0. The number of nitrogens with zero attached hydrogens (tertiary/aromatic N) is 1. The SMILES string of the molecule is CCOC(=O)Nc1nc2ccc(NC(=O)C3CC3(Cl)Cl)cc2s1. The van der Waals surface area contributed by atoms with Crippen LogP contribution in [-0.4, -0.2) is 27.9 Å². The van der Waals surface area contributed by atoms with Crippen molar-refractivity contribution in [2.24, 2.45) is 5.92 Å². The summed E-state index contributed by atoms with van der Waals surface area (Å²) in [7, 11) is 0. The highest BCUT2D eigenvalue weighted by Crippen LogP contribution is 2.53. The number of ether oxygens (including phenoxy) is 1. The van der Waals surface area contributed by atoms with Gasteiger partial charge in [-0.15, -0.1) is 23.2 Å². The summed E-state index contributed by atoms with van der Waals surface area (Å²) in [6, 6.07) is 5.29. The molecule has 9 heteroatoms. The Bertz CT molecular complexity index is 778. The second-order valence-electron chi connectivity index (χ2n) is 5.05. The molecule has 2 N–H and O–H groups in total. The van der Waals surface area contributed by atoms with Crippen LogP contribution in [0.4, 0.5) is 15.6 Å². The van der Waals surface area contributed by atoms with Crippen LogP contribution in [0.5, 0.6) is 0 Å². The van der Waals surface area contributed by atoms with E-state index in [1.54, 1.807) is 25.1 Å². The number of carbonyl (C=O) groups excluding carboxylic acids is 2. The topological polar surface area (TPSA) is 80.3 Å². The van der Waals surface area contributed by atoms with Gasteiger partial charge in [-0.2, -0.15) is 0 Å². The summed E-state index contributed by atoms with van der Waals surface area (Å²) in [5.74, 6) is -0.590. The lowest BCUT2D eigenvalue weighted by Gasteiger charge is -2.04. The average Bonchev–Trinajstić information content (AvgIpc) is 2.93. The van der Waals surface area contributed by atoms with E-state index in [4.69, 9.17) is 27.9 Å². The molecule has 0 radical (unpaired) electrons. The summed E-state index contributed by atoms with van der Waals surface area (Å²) in [6.45, 7) is 2.01. The van der Waals surface area contributed by atoms with Gasteiger partial charge >= 0.3 is 6.09 Å². The van der Waals surface area contributed by atoms with Crippen LogP contribution >= 0.6 is 34.5 Å². The van der Waals surface area contributed by atoms with Crippen LogP contribution < -0.4 is 10.6 Å². The lowest BCUT2D eigenvalue weighted by Crippen LogP contribution is -2.16. The van der Waals surface area contributed by atoms with Crippen LogP contribution in [0.3, 0.4) is 0 Å². The molecule has 1 aromatic heterocycles. The van der Waals surface area contributed by atoms with Crippen LogP contribution in [-0.2, 0) is 9.53 Å². The fourth-order valence-electron chi connectivity index (χ4n) is 2.04. The van der Waals surface area contributed by atoms with E-state index in [1.165, 1.54) is 11.3 Å². The molecule has 1 atom stereocenters. The Morgan fingerprint density at radius 3 is 2.83 bits per heavy atom. The van der Waals surface area contributed by atoms with Crippen molar-refractivity contribution in [2.45, 2.75) is 17.7 Å². The number of benzene rings is 1. The minimum Gasteiger partial charge on any atom is -0.450 e. The minimum atomic E-state index is -0.949. The highest BCUT2D eigenvalue weighted by molar-refractivity contribution is 7.22. The smallest absolute Gasteiger partial charge is 0.413 e. The minimum absolute atomic E-state index is 0.205. The predicted molar refractivity (Wildman–Crippen MR) is 91.4 cm³/mol. The summed E-state index contributed by atoms with van der Waals surface area (Å²) in [4.78, 5) is 27.7. The van der Waals surface area contributed by atoms with Gasteiger partial charge in [0.15, 0.2) is 5.13 Å². The van der Waals surface area contributed by atoms with E-state index in [0.717, 1.165) is 10.2 Å². The molecule has 0 bridgehead atoms. The van der Waals surface area contributed by atoms with E-state index in [2.05, 4.69) is 15.6 Å². The number of hydrogen-bond donors (Lipinski definition) is 2.